The van der Waals surface area contributed by atoms with Gasteiger partial charge < -0.3 is 15.0 Å². The lowest BCUT2D eigenvalue weighted by Crippen LogP contribution is -2.27. The highest BCUT2D eigenvalue weighted by molar-refractivity contribution is 5.54. The Kier molecular flexibility index (Phi) is 7.55. The molecule has 1 atom stereocenters. The average Bonchev–Trinajstić information content (AvgIpc) is 2.43. The number of anilines is 1. The van der Waals surface area contributed by atoms with Crippen molar-refractivity contribution < 1.29 is 9.13 Å². The van der Waals surface area contributed by atoms with E-state index >= 15 is 0 Å². The molecule has 0 spiro atoms. The summed E-state index contributed by atoms with van der Waals surface area (Å²) in [7, 11) is 3.64. The van der Waals surface area contributed by atoms with Crippen molar-refractivity contribution in [2.75, 3.05) is 38.8 Å². The first-order valence-electron chi connectivity index (χ1n) is 7.28. The molecule has 4 heteroatoms. The quantitative estimate of drug-likeness (QED) is 0.705. The maximum atomic E-state index is 14.1. The smallest absolute Gasteiger partial charge is 0.146 e. The van der Waals surface area contributed by atoms with Crippen molar-refractivity contribution in [2.24, 2.45) is 5.92 Å². The summed E-state index contributed by atoms with van der Waals surface area (Å²) in [5, 5.41) is 3.27. The zero-order chi connectivity index (χ0) is 15.0. The fourth-order valence-corrected chi connectivity index (χ4v) is 2.22. The van der Waals surface area contributed by atoms with Crippen molar-refractivity contribution in [3.05, 3.63) is 29.6 Å². The van der Waals surface area contributed by atoms with Gasteiger partial charge in [-0.05, 0) is 17.5 Å². The molecule has 0 heterocycles. The number of nitrogens with zero attached hydrogens (tertiary/aromatic N) is 1. The summed E-state index contributed by atoms with van der Waals surface area (Å²) in [6.45, 7) is 7.29. The Hall–Kier alpha value is -1.13. The normalized spacial score (nSPS) is 12.4. The van der Waals surface area contributed by atoms with Crippen molar-refractivity contribution in [3.8, 4) is 0 Å². The second kappa shape index (κ2) is 8.93. The predicted molar refractivity (Wildman–Crippen MR) is 82.7 cm³/mol. The van der Waals surface area contributed by atoms with Crippen LogP contribution in [0, 0.1) is 11.7 Å². The zero-order valence-electron chi connectivity index (χ0n) is 13.1. The number of ether oxygens (including phenoxy) is 1. The van der Waals surface area contributed by atoms with Gasteiger partial charge >= 0.3 is 0 Å². The molecule has 3 nitrogen and oxygen atoms in total. The van der Waals surface area contributed by atoms with E-state index in [9.17, 15) is 4.39 Å². The number of methoxy groups -OCH3 is 1. The summed E-state index contributed by atoms with van der Waals surface area (Å²) in [6.07, 6.45) is 1.10. The van der Waals surface area contributed by atoms with E-state index in [-0.39, 0.29) is 5.82 Å². The molecule has 0 aromatic heterocycles. The third kappa shape index (κ3) is 5.10. The third-order valence-corrected chi connectivity index (χ3v) is 3.53. The number of nitrogens with one attached hydrogen (secondary N) is 1. The average molecular weight is 282 g/mol. The third-order valence-electron chi connectivity index (χ3n) is 3.53. The van der Waals surface area contributed by atoms with Gasteiger partial charge in [-0.25, -0.2) is 4.39 Å². The lowest BCUT2D eigenvalue weighted by molar-refractivity contribution is 0.199. The maximum absolute atomic E-state index is 14.1. The van der Waals surface area contributed by atoms with Gasteiger partial charge in [0.25, 0.3) is 0 Å². The van der Waals surface area contributed by atoms with Gasteiger partial charge in [0.05, 0.1) is 12.3 Å². The summed E-state index contributed by atoms with van der Waals surface area (Å²) in [5.41, 5.74) is 1.70. The molecule has 0 fully saturated rings. The Balaban J connectivity index is 2.76. The molecular formula is C16H27FN2O. The number of hydrogen-bond donors (Lipinski definition) is 1. The van der Waals surface area contributed by atoms with E-state index in [1.54, 1.807) is 13.2 Å². The molecule has 0 aliphatic heterocycles. The molecule has 0 bridgehead atoms. The van der Waals surface area contributed by atoms with Gasteiger partial charge in [-0.3, -0.25) is 0 Å². The molecule has 0 saturated heterocycles. The highest BCUT2D eigenvalue weighted by Gasteiger charge is 2.14. The highest BCUT2D eigenvalue weighted by Crippen LogP contribution is 2.24. The van der Waals surface area contributed by atoms with Crippen molar-refractivity contribution in [3.63, 3.8) is 0 Å². The Bertz CT molecular complexity index is 398. The highest BCUT2D eigenvalue weighted by atomic mass is 19.1. The molecule has 1 aromatic carbocycles. The van der Waals surface area contributed by atoms with Gasteiger partial charge in [-0.2, -0.15) is 0 Å². The van der Waals surface area contributed by atoms with Gasteiger partial charge in [-0.15, -0.1) is 0 Å². The molecule has 0 saturated carbocycles. The molecule has 20 heavy (non-hydrogen) atoms. The summed E-state index contributed by atoms with van der Waals surface area (Å²) in [6, 6.07) is 5.27. The molecule has 0 radical (unpaired) electrons. The monoisotopic (exact) mass is 282 g/mol. The molecule has 1 unspecified atom stereocenters. The van der Waals surface area contributed by atoms with Crippen molar-refractivity contribution in [1.29, 1.82) is 0 Å². The molecule has 0 amide bonds. The van der Waals surface area contributed by atoms with E-state index in [2.05, 4.69) is 19.2 Å². The van der Waals surface area contributed by atoms with Crippen molar-refractivity contribution >= 4 is 5.69 Å². The van der Waals surface area contributed by atoms with Gasteiger partial charge in [0.15, 0.2) is 0 Å². The van der Waals surface area contributed by atoms with Crippen LogP contribution in [0.3, 0.4) is 0 Å². The van der Waals surface area contributed by atoms with E-state index in [1.165, 1.54) is 6.07 Å². The van der Waals surface area contributed by atoms with Crippen LogP contribution in [-0.2, 0) is 11.3 Å². The Morgan fingerprint density at radius 2 is 2.15 bits per heavy atom. The molecule has 1 aromatic rings. The molecule has 1 N–H and O–H groups in total. The minimum Gasteiger partial charge on any atom is -0.383 e. The van der Waals surface area contributed by atoms with Gasteiger partial charge in [0.2, 0.25) is 0 Å². The molecule has 1 rings (SSSR count). The van der Waals surface area contributed by atoms with Crippen molar-refractivity contribution in [2.45, 2.75) is 26.8 Å². The summed E-state index contributed by atoms with van der Waals surface area (Å²) in [4.78, 5) is 2.02. The van der Waals surface area contributed by atoms with Gasteiger partial charge in [0.1, 0.15) is 5.82 Å². The topological polar surface area (TPSA) is 24.5 Å². The fraction of sp³-hybridized carbons (Fsp3) is 0.625. The first-order chi connectivity index (χ1) is 9.60. The molecule has 0 aliphatic rings. The summed E-state index contributed by atoms with van der Waals surface area (Å²) >= 11 is 0. The molecular weight excluding hydrogens is 255 g/mol. The maximum Gasteiger partial charge on any atom is 0.146 e. The van der Waals surface area contributed by atoms with Crippen LogP contribution in [0.2, 0.25) is 0 Å². The Morgan fingerprint density at radius 1 is 1.40 bits per heavy atom. The van der Waals surface area contributed by atoms with E-state index in [1.807, 2.05) is 18.0 Å². The van der Waals surface area contributed by atoms with Crippen LogP contribution in [0.4, 0.5) is 10.1 Å². The second-order valence-electron chi connectivity index (χ2n) is 5.31. The summed E-state index contributed by atoms with van der Waals surface area (Å²) < 4.78 is 19.1. The van der Waals surface area contributed by atoms with E-state index in [4.69, 9.17) is 4.74 Å². The van der Waals surface area contributed by atoms with Crippen LogP contribution in [0.1, 0.15) is 25.8 Å². The molecule has 114 valence electrons. The van der Waals surface area contributed by atoms with Crippen LogP contribution in [0.15, 0.2) is 18.2 Å². The molecule has 0 aliphatic carbocycles. The standard InChI is InChI=1S/C16H27FN2O/c1-5-13(2)12-19(3)16-14(7-6-8-15(16)17)11-18-9-10-20-4/h6-8,13,18H,5,9-12H2,1-4H3. The van der Waals surface area contributed by atoms with E-state index in [0.29, 0.717) is 24.8 Å². The van der Waals surface area contributed by atoms with Crippen LogP contribution in [0.5, 0.6) is 0 Å². The first kappa shape index (κ1) is 16.9. The number of rotatable bonds is 9. The van der Waals surface area contributed by atoms with E-state index in [0.717, 1.165) is 25.1 Å². The Labute approximate surface area is 122 Å². The summed E-state index contributed by atoms with van der Waals surface area (Å²) in [5.74, 6) is 0.399. The SMILES string of the molecule is CCC(C)CN(C)c1c(F)cccc1CNCCOC. The van der Waals surface area contributed by atoms with Gasteiger partial charge in [0, 0.05) is 33.8 Å². The number of hydrogen-bond acceptors (Lipinski definition) is 3. The Morgan fingerprint density at radius 3 is 2.80 bits per heavy atom. The largest absolute Gasteiger partial charge is 0.383 e. The zero-order valence-corrected chi connectivity index (χ0v) is 13.1. The lowest BCUT2D eigenvalue weighted by Gasteiger charge is -2.26. The van der Waals surface area contributed by atoms with Gasteiger partial charge in [-0.1, -0.05) is 32.4 Å². The van der Waals surface area contributed by atoms with Crippen molar-refractivity contribution in [1.82, 2.24) is 5.32 Å². The van der Waals surface area contributed by atoms with Crippen LogP contribution >= 0.6 is 0 Å². The minimum absolute atomic E-state index is 0.151. The van der Waals surface area contributed by atoms with Crippen LogP contribution in [0.25, 0.3) is 0 Å². The second-order valence-corrected chi connectivity index (χ2v) is 5.31. The number of para-hydroxylation sites is 1. The van der Waals surface area contributed by atoms with Crippen LogP contribution < -0.4 is 10.2 Å². The van der Waals surface area contributed by atoms with E-state index < -0.39 is 0 Å². The lowest BCUT2D eigenvalue weighted by atomic mass is 10.1. The fourth-order valence-electron chi connectivity index (χ4n) is 2.22. The minimum atomic E-state index is -0.151. The number of halogens is 1. The predicted octanol–water partition coefficient (Wildman–Crippen LogP) is 3.04. The first-order valence-corrected chi connectivity index (χ1v) is 7.28. The number of benzene rings is 1. The van der Waals surface area contributed by atoms with Crippen LogP contribution in [-0.4, -0.2) is 33.9 Å².